The van der Waals surface area contributed by atoms with Crippen molar-refractivity contribution in [2.75, 3.05) is 30.3 Å². The van der Waals surface area contributed by atoms with Gasteiger partial charge in [0.15, 0.2) is 0 Å². The summed E-state index contributed by atoms with van der Waals surface area (Å²) in [5.74, 6) is 2.17. The number of anilines is 2. The minimum Gasteiger partial charge on any atom is -0.396 e. The Balaban J connectivity index is 2.45. The molecule has 0 spiro atoms. The lowest BCUT2D eigenvalue weighted by Crippen LogP contribution is -2.16. The molecule has 0 fully saturated rings. The molecular weight excluding hydrogens is 228 g/mol. The van der Waals surface area contributed by atoms with Gasteiger partial charge in [0.1, 0.15) is 18.0 Å². The number of aliphatic hydroxyl groups is 1. The van der Waals surface area contributed by atoms with Gasteiger partial charge >= 0.3 is 0 Å². The number of aliphatic hydroxyl groups excluding tert-OH is 1. The molecule has 0 bridgehead atoms. The predicted octanol–water partition coefficient (Wildman–Crippen LogP) is 2.12. The lowest BCUT2D eigenvalue weighted by Gasteiger charge is -2.15. The lowest BCUT2D eigenvalue weighted by molar-refractivity contribution is 0.258. The molecule has 0 aliphatic rings. The fourth-order valence-electron chi connectivity index (χ4n) is 1.69. The van der Waals surface area contributed by atoms with Gasteiger partial charge in [0.2, 0.25) is 0 Å². The fraction of sp³-hybridized carbons (Fsp3) is 0.692. The van der Waals surface area contributed by atoms with E-state index in [1.54, 1.807) is 6.33 Å². The van der Waals surface area contributed by atoms with Gasteiger partial charge in [-0.2, -0.15) is 0 Å². The summed E-state index contributed by atoms with van der Waals surface area (Å²) in [4.78, 5) is 8.35. The maximum absolute atomic E-state index is 8.94. The van der Waals surface area contributed by atoms with Gasteiger partial charge in [0.05, 0.1) is 0 Å². The van der Waals surface area contributed by atoms with Crippen LogP contribution < -0.4 is 10.6 Å². The Kier molecular flexibility index (Phi) is 7.10. The molecule has 1 atom stereocenters. The second-order valence-corrected chi connectivity index (χ2v) is 4.38. The zero-order chi connectivity index (χ0) is 13.2. The second-order valence-electron chi connectivity index (χ2n) is 4.38. The zero-order valence-corrected chi connectivity index (χ0v) is 11.3. The van der Waals surface area contributed by atoms with Crippen LogP contribution in [0.25, 0.3) is 0 Å². The molecule has 1 unspecified atom stereocenters. The first kappa shape index (κ1) is 14.7. The van der Waals surface area contributed by atoms with Crippen LogP contribution in [0.4, 0.5) is 11.6 Å². The van der Waals surface area contributed by atoms with Crippen molar-refractivity contribution in [1.82, 2.24) is 9.97 Å². The summed E-state index contributed by atoms with van der Waals surface area (Å²) in [5.41, 5.74) is 0. The minimum absolute atomic E-state index is 0.243. The number of nitrogens with zero attached hydrogens (tertiary/aromatic N) is 2. The third-order valence-electron chi connectivity index (χ3n) is 2.91. The number of aromatic nitrogens is 2. The fourth-order valence-corrected chi connectivity index (χ4v) is 1.69. The van der Waals surface area contributed by atoms with E-state index in [4.69, 9.17) is 5.11 Å². The maximum Gasteiger partial charge on any atom is 0.131 e. The van der Waals surface area contributed by atoms with E-state index in [2.05, 4.69) is 34.4 Å². The van der Waals surface area contributed by atoms with Crippen molar-refractivity contribution < 1.29 is 5.11 Å². The predicted molar refractivity (Wildman–Crippen MR) is 74.8 cm³/mol. The average molecular weight is 252 g/mol. The van der Waals surface area contributed by atoms with Crippen molar-refractivity contribution in [2.45, 2.75) is 33.1 Å². The molecule has 0 aliphatic heterocycles. The number of hydrogen-bond acceptors (Lipinski definition) is 5. The van der Waals surface area contributed by atoms with Crippen LogP contribution >= 0.6 is 0 Å². The minimum atomic E-state index is 0.243. The van der Waals surface area contributed by atoms with Crippen LogP contribution in [0, 0.1) is 5.92 Å². The third-order valence-corrected chi connectivity index (χ3v) is 2.91. The van der Waals surface area contributed by atoms with E-state index in [0.717, 1.165) is 44.0 Å². The van der Waals surface area contributed by atoms with Gasteiger partial charge in [0.25, 0.3) is 0 Å². The van der Waals surface area contributed by atoms with Crippen LogP contribution in [0.3, 0.4) is 0 Å². The van der Waals surface area contributed by atoms with E-state index < -0.39 is 0 Å². The Bertz CT molecular complexity index is 333. The standard InChI is InChI=1S/C13H24N4O/c1-3-6-14-12-8-13(17-10-16-12)15-9-11(4-2)5-7-18/h8,10-11,18H,3-7,9H2,1-2H3,(H2,14,15,16,17). The van der Waals surface area contributed by atoms with E-state index in [1.807, 2.05) is 6.07 Å². The first-order chi connectivity index (χ1) is 8.80. The molecule has 1 aromatic heterocycles. The molecule has 0 radical (unpaired) electrons. The summed E-state index contributed by atoms with van der Waals surface area (Å²) in [7, 11) is 0. The molecule has 18 heavy (non-hydrogen) atoms. The van der Waals surface area contributed by atoms with E-state index in [1.165, 1.54) is 0 Å². The molecule has 0 saturated carbocycles. The molecule has 0 amide bonds. The van der Waals surface area contributed by atoms with Crippen molar-refractivity contribution >= 4 is 11.6 Å². The number of hydrogen-bond donors (Lipinski definition) is 3. The Morgan fingerprint density at radius 2 is 1.94 bits per heavy atom. The summed E-state index contributed by atoms with van der Waals surface area (Å²) >= 11 is 0. The van der Waals surface area contributed by atoms with E-state index in [-0.39, 0.29) is 6.61 Å². The summed E-state index contributed by atoms with van der Waals surface area (Å²) < 4.78 is 0. The van der Waals surface area contributed by atoms with Crippen LogP contribution in [0.15, 0.2) is 12.4 Å². The van der Waals surface area contributed by atoms with Gasteiger partial charge in [-0.15, -0.1) is 0 Å². The maximum atomic E-state index is 8.94. The second kappa shape index (κ2) is 8.69. The molecule has 1 rings (SSSR count). The van der Waals surface area contributed by atoms with Gasteiger partial charge in [0, 0.05) is 25.8 Å². The Morgan fingerprint density at radius 3 is 2.56 bits per heavy atom. The Morgan fingerprint density at radius 1 is 1.22 bits per heavy atom. The molecule has 1 aromatic rings. The van der Waals surface area contributed by atoms with E-state index in [0.29, 0.717) is 5.92 Å². The van der Waals surface area contributed by atoms with Crippen molar-refractivity contribution in [3.8, 4) is 0 Å². The highest BCUT2D eigenvalue weighted by Gasteiger charge is 2.06. The molecule has 0 aliphatic carbocycles. The first-order valence-electron chi connectivity index (χ1n) is 6.70. The Hall–Kier alpha value is -1.36. The lowest BCUT2D eigenvalue weighted by atomic mass is 10.0. The molecule has 0 saturated heterocycles. The highest BCUT2D eigenvalue weighted by molar-refractivity contribution is 5.46. The van der Waals surface area contributed by atoms with Crippen molar-refractivity contribution in [2.24, 2.45) is 5.92 Å². The Labute approximate surface area is 109 Å². The van der Waals surface area contributed by atoms with Gasteiger partial charge in [-0.25, -0.2) is 9.97 Å². The summed E-state index contributed by atoms with van der Waals surface area (Å²) in [5, 5.41) is 15.5. The van der Waals surface area contributed by atoms with Gasteiger partial charge in [-0.1, -0.05) is 20.3 Å². The van der Waals surface area contributed by atoms with Crippen LogP contribution in [-0.2, 0) is 0 Å². The normalized spacial score (nSPS) is 12.2. The smallest absolute Gasteiger partial charge is 0.131 e. The molecular formula is C13H24N4O. The third kappa shape index (κ3) is 5.31. The van der Waals surface area contributed by atoms with Crippen LogP contribution in [0.5, 0.6) is 0 Å². The highest BCUT2D eigenvalue weighted by Crippen LogP contribution is 2.12. The zero-order valence-electron chi connectivity index (χ0n) is 11.3. The quantitative estimate of drug-likeness (QED) is 0.628. The molecule has 5 nitrogen and oxygen atoms in total. The van der Waals surface area contributed by atoms with E-state index in [9.17, 15) is 0 Å². The van der Waals surface area contributed by atoms with E-state index >= 15 is 0 Å². The molecule has 102 valence electrons. The average Bonchev–Trinajstić information content (AvgIpc) is 2.41. The molecule has 3 N–H and O–H groups in total. The van der Waals surface area contributed by atoms with Gasteiger partial charge < -0.3 is 15.7 Å². The topological polar surface area (TPSA) is 70.1 Å². The highest BCUT2D eigenvalue weighted by atomic mass is 16.3. The number of rotatable bonds is 9. The van der Waals surface area contributed by atoms with Crippen LogP contribution in [0.1, 0.15) is 33.1 Å². The molecule has 0 aromatic carbocycles. The van der Waals surface area contributed by atoms with Crippen molar-refractivity contribution in [1.29, 1.82) is 0 Å². The summed E-state index contributed by atoms with van der Waals surface area (Å²) in [6.45, 7) is 6.25. The van der Waals surface area contributed by atoms with Crippen LogP contribution in [-0.4, -0.2) is 34.8 Å². The first-order valence-corrected chi connectivity index (χ1v) is 6.70. The van der Waals surface area contributed by atoms with Gasteiger partial charge in [-0.3, -0.25) is 0 Å². The SMILES string of the molecule is CCCNc1cc(NCC(CC)CCO)ncn1. The summed E-state index contributed by atoms with van der Waals surface area (Å²) in [6, 6.07) is 1.92. The van der Waals surface area contributed by atoms with Crippen LogP contribution in [0.2, 0.25) is 0 Å². The van der Waals surface area contributed by atoms with Crippen molar-refractivity contribution in [3.63, 3.8) is 0 Å². The largest absolute Gasteiger partial charge is 0.396 e. The molecule has 5 heteroatoms. The van der Waals surface area contributed by atoms with Gasteiger partial charge in [-0.05, 0) is 18.8 Å². The summed E-state index contributed by atoms with van der Waals surface area (Å²) in [6.07, 6.45) is 4.52. The molecule has 1 heterocycles. The van der Waals surface area contributed by atoms with Crippen molar-refractivity contribution in [3.05, 3.63) is 12.4 Å². The number of nitrogens with one attached hydrogen (secondary N) is 2. The monoisotopic (exact) mass is 252 g/mol.